The van der Waals surface area contributed by atoms with Crippen LogP contribution in [0.15, 0.2) is 29.4 Å². The molecule has 0 fully saturated rings. The Balaban J connectivity index is 2.85. The van der Waals surface area contributed by atoms with E-state index >= 15 is 0 Å². The van der Waals surface area contributed by atoms with Gasteiger partial charge in [-0.15, -0.1) is 0 Å². The first kappa shape index (κ1) is 12.0. The molecule has 0 saturated heterocycles. The van der Waals surface area contributed by atoms with Gasteiger partial charge in [-0.05, 0) is 23.1 Å². The largest absolute Gasteiger partial charge is 0.480 e. The summed E-state index contributed by atoms with van der Waals surface area (Å²) in [5.74, 6) is -1.04. The SMILES string of the molecule is [N-]=[N+]=NCc1ccccc1C[C@H](N)C(=O)O. The summed E-state index contributed by atoms with van der Waals surface area (Å²) in [5, 5.41) is 12.2. The zero-order valence-corrected chi connectivity index (χ0v) is 8.58. The van der Waals surface area contributed by atoms with E-state index in [1.165, 1.54) is 0 Å². The Kier molecular flexibility index (Phi) is 4.32. The average molecular weight is 220 g/mol. The Morgan fingerprint density at radius 3 is 2.69 bits per heavy atom. The van der Waals surface area contributed by atoms with Crippen molar-refractivity contribution in [2.75, 3.05) is 0 Å². The van der Waals surface area contributed by atoms with Crippen LogP contribution in [-0.4, -0.2) is 17.1 Å². The molecule has 0 aliphatic heterocycles. The molecule has 1 rings (SSSR count). The smallest absolute Gasteiger partial charge is 0.320 e. The Labute approximate surface area is 92.3 Å². The third-order valence-corrected chi connectivity index (χ3v) is 2.18. The van der Waals surface area contributed by atoms with Crippen LogP contribution in [0, 0.1) is 0 Å². The van der Waals surface area contributed by atoms with Gasteiger partial charge in [0.25, 0.3) is 0 Å². The van der Waals surface area contributed by atoms with Crippen molar-refractivity contribution in [2.24, 2.45) is 10.8 Å². The van der Waals surface area contributed by atoms with E-state index in [1.807, 2.05) is 0 Å². The van der Waals surface area contributed by atoms with Crippen LogP contribution in [0.3, 0.4) is 0 Å². The maximum absolute atomic E-state index is 10.6. The maximum Gasteiger partial charge on any atom is 0.320 e. The molecule has 0 bridgehead atoms. The van der Waals surface area contributed by atoms with E-state index < -0.39 is 12.0 Å². The van der Waals surface area contributed by atoms with Crippen molar-refractivity contribution in [3.63, 3.8) is 0 Å². The molecule has 1 aromatic carbocycles. The number of hydrogen-bond donors (Lipinski definition) is 2. The molecule has 0 aliphatic carbocycles. The molecule has 0 radical (unpaired) electrons. The molecule has 6 nitrogen and oxygen atoms in total. The molecule has 0 heterocycles. The third kappa shape index (κ3) is 3.27. The lowest BCUT2D eigenvalue weighted by molar-refractivity contribution is -0.138. The normalized spacial score (nSPS) is 11.6. The van der Waals surface area contributed by atoms with Crippen LogP contribution in [0.4, 0.5) is 0 Å². The summed E-state index contributed by atoms with van der Waals surface area (Å²) in [4.78, 5) is 13.3. The highest BCUT2D eigenvalue weighted by molar-refractivity contribution is 5.73. The second-order valence-corrected chi connectivity index (χ2v) is 3.31. The van der Waals surface area contributed by atoms with Crippen LogP contribution >= 0.6 is 0 Å². The summed E-state index contributed by atoms with van der Waals surface area (Å²) in [5.41, 5.74) is 15.3. The van der Waals surface area contributed by atoms with Gasteiger partial charge in [0.15, 0.2) is 0 Å². The lowest BCUT2D eigenvalue weighted by Crippen LogP contribution is -2.32. The Hall–Kier alpha value is -2.04. The lowest BCUT2D eigenvalue weighted by atomic mass is 10.0. The van der Waals surface area contributed by atoms with E-state index in [1.54, 1.807) is 24.3 Å². The highest BCUT2D eigenvalue weighted by Crippen LogP contribution is 2.12. The van der Waals surface area contributed by atoms with Gasteiger partial charge in [-0.25, -0.2) is 0 Å². The van der Waals surface area contributed by atoms with Crippen molar-refractivity contribution in [2.45, 2.75) is 19.0 Å². The Morgan fingerprint density at radius 2 is 2.12 bits per heavy atom. The number of azide groups is 1. The number of aliphatic carboxylic acids is 1. The van der Waals surface area contributed by atoms with Gasteiger partial charge in [-0.2, -0.15) is 0 Å². The van der Waals surface area contributed by atoms with Crippen molar-refractivity contribution < 1.29 is 9.90 Å². The van der Waals surface area contributed by atoms with E-state index in [2.05, 4.69) is 10.0 Å². The minimum absolute atomic E-state index is 0.207. The number of benzene rings is 1. The molecule has 16 heavy (non-hydrogen) atoms. The van der Waals surface area contributed by atoms with Crippen LogP contribution in [0.2, 0.25) is 0 Å². The van der Waals surface area contributed by atoms with Crippen LogP contribution in [0.5, 0.6) is 0 Å². The van der Waals surface area contributed by atoms with Gasteiger partial charge in [0, 0.05) is 4.91 Å². The van der Waals surface area contributed by atoms with Gasteiger partial charge < -0.3 is 10.8 Å². The van der Waals surface area contributed by atoms with Crippen LogP contribution < -0.4 is 5.73 Å². The lowest BCUT2D eigenvalue weighted by Gasteiger charge is -2.10. The number of carboxylic acids is 1. The predicted octanol–water partition coefficient (Wildman–Crippen LogP) is 1.45. The summed E-state index contributed by atoms with van der Waals surface area (Å²) in [6.45, 7) is 0.207. The molecule has 84 valence electrons. The molecule has 0 aromatic heterocycles. The number of carbonyl (C=O) groups is 1. The Morgan fingerprint density at radius 1 is 1.50 bits per heavy atom. The minimum Gasteiger partial charge on any atom is -0.480 e. The van der Waals surface area contributed by atoms with Crippen LogP contribution in [-0.2, 0) is 17.8 Å². The molecule has 3 N–H and O–H groups in total. The van der Waals surface area contributed by atoms with Crippen LogP contribution in [0.25, 0.3) is 10.4 Å². The number of rotatable bonds is 5. The topological polar surface area (TPSA) is 112 Å². The molecule has 6 heteroatoms. The monoisotopic (exact) mass is 220 g/mol. The molecule has 1 atom stereocenters. The highest BCUT2D eigenvalue weighted by Gasteiger charge is 2.13. The number of nitrogens with zero attached hydrogens (tertiary/aromatic N) is 3. The average Bonchev–Trinajstić information content (AvgIpc) is 2.27. The zero-order chi connectivity index (χ0) is 12.0. The fraction of sp³-hybridized carbons (Fsp3) is 0.300. The summed E-state index contributed by atoms with van der Waals surface area (Å²) < 4.78 is 0. The number of nitrogens with two attached hydrogens (primary N) is 1. The van der Waals surface area contributed by atoms with E-state index in [0.29, 0.717) is 0 Å². The van der Waals surface area contributed by atoms with Crippen molar-refractivity contribution in [1.82, 2.24) is 0 Å². The summed E-state index contributed by atoms with van der Waals surface area (Å²) in [6.07, 6.45) is 0.229. The van der Waals surface area contributed by atoms with Gasteiger partial charge in [0.05, 0.1) is 6.54 Å². The first-order valence-electron chi connectivity index (χ1n) is 4.71. The predicted molar refractivity (Wildman–Crippen MR) is 58.6 cm³/mol. The maximum atomic E-state index is 10.6. The zero-order valence-electron chi connectivity index (χ0n) is 8.58. The summed E-state index contributed by atoms with van der Waals surface area (Å²) >= 11 is 0. The third-order valence-electron chi connectivity index (χ3n) is 2.18. The van der Waals surface area contributed by atoms with Gasteiger partial charge in [-0.3, -0.25) is 4.79 Å². The fourth-order valence-corrected chi connectivity index (χ4v) is 1.34. The van der Waals surface area contributed by atoms with Gasteiger partial charge in [0.1, 0.15) is 6.04 Å². The van der Waals surface area contributed by atoms with Gasteiger partial charge in [0.2, 0.25) is 0 Å². The standard InChI is InChI=1S/C10H12N4O2/c11-9(10(15)16)5-7-3-1-2-4-8(7)6-13-14-12/h1-4,9H,5-6,11H2,(H,15,16)/t9-/m0/s1. The molecule has 1 aromatic rings. The van der Waals surface area contributed by atoms with Crippen molar-refractivity contribution >= 4 is 5.97 Å². The van der Waals surface area contributed by atoms with E-state index in [0.717, 1.165) is 11.1 Å². The minimum atomic E-state index is -1.04. The van der Waals surface area contributed by atoms with Crippen molar-refractivity contribution in [3.8, 4) is 0 Å². The first-order chi connectivity index (χ1) is 7.65. The molecular weight excluding hydrogens is 208 g/mol. The number of hydrogen-bond acceptors (Lipinski definition) is 3. The van der Waals surface area contributed by atoms with Crippen molar-refractivity contribution in [1.29, 1.82) is 0 Å². The van der Waals surface area contributed by atoms with E-state index in [-0.39, 0.29) is 13.0 Å². The fourth-order valence-electron chi connectivity index (χ4n) is 1.34. The highest BCUT2D eigenvalue weighted by atomic mass is 16.4. The van der Waals surface area contributed by atoms with E-state index in [4.69, 9.17) is 16.4 Å². The first-order valence-corrected chi connectivity index (χ1v) is 4.71. The molecule has 0 spiro atoms. The second kappa shape index (κ2) is 5.75. The van der Waals surface area contributed by atoms with Gasteiger partial charge >= 0.3 is 5.97 Å². The summed E-state index contributed by atoms with van der Waals surface area (Å²) in [7, 11) is 0. The molecule has 0 aliphatic rings. The van der Waals surface area contributed by atoms with E-state index in [9.17, 15) is 4.79 Å². The second-order valence-electron chi connectivity index (χ2n) is 3.31. The number of carboxylic acid groups (broad SMARTS) is 1. The summed E-state index contributed by atoms with van der Waals surface area (Å²) in [6, 6.07) is 6.23. The quantitative estimate of drug-likeness (QED) is 0.444. The van der Waals surface area contributed by atoms with Crippen molar-refractivity contribution in [3.05, 3.63) is 45.8 Å². The molecule has 0 unspecified atom stereocenters. The van der Waals surface area contributed by atoms with Gasteiger partial charge in [-0.1, -0.05) is 29.4 Å². The van der Waals surface area contributed by atoms with Crippen LogP contribution in [0.1, 0.15) is 11.1 Å². The molecule has 0 saturated carbocycles. The molecule has 0 amide bonds. The Bertz CT molecular complexity index is 427. The molecular formula is C10H12N4O2.